The summed E-state index contributed by atoms with van der Waals surface area (Å²) in [4.78, 5) is 12.1. The predicted octanol–water partition coefficient (Wildman–Crippen LogP) is 2.35. The molecule has 0 saturated heterocycles. The van der Waals surface area contributed by atoms with Crippen molar-refractivity contribution in [3.8, 4) is 0 Å². The van der Waals surface area contributed by atoms with E-state index in [1.807, 2.05) is 6.07 Å². The van der Waals surface area contributed by atoms with Gasteiger partial charge in [-0.25, -0.2) is 13.2 Å². The largest absolute Gasteiger partial charge is 0.419 e. The normalized spacial score (nSPS) is 16.3. The van der Waals surface area contributed by atoms with Crippen molar-refractivity contribution >= 4 is 20.9 Å². The van der Waals surface area contributed by atoms with E-state index < -0.39 is 9.84 Å². The van der Waals surface area contributed by atoms with Gasteiger partial charge in [-0.3, -0.25) is 4.57 Å². The maximum atomic E-state index is 12.1. The van der Waals surface area contributed by atoms with E-state index in [0.29, 0.717) is 25.2 Å². The van der Waals surface area contributed by atoms with Gasteiger partial charge in [0.2, 0.25) is 0 Å². The first-order valence-corrected chi connectivity index (χ1v) is 11.5. The van der Waals surface area contributed by atoms with Gasteiger partial charge in [0, 0.05) is 25.9 Å². The highest BCUT2D eigenvalue weighted by molar-refractivity contribution is 7.90. The number of aromatic nitrogens is 1. The molecule has 1 aromatic heterocycles. The van der Waals surface area contributed by atoms with Gasteiger partial charge < -0.3 is 9.73 Å². The monoisotopic (exact) mass is 380 g/mol. The van der Waals surface area contributed by atoms with Crippen LogP contribution < -0.4 is 11.1 Å². The van der Waals surface area contributed by atoms with Gasteiger partial charge in [-0.1, -0.05) is 38.2 Å². The fourth-order valence-corrected chi connectivity index (χ4v) is 4.26. The Morgan fingerprint density at radius 1 is 1.19 bits per heavy atom. The van der Waals surface area contributed by atoms with Crippen molar-refractivity contribution in [3.05, 3.63) is 34.3 Å². The molecule has 1 aromatic carbocycles. The number of hydrogen-bond acceptors (Lipinski definition) is 5. The van der Waals surface area contributed by atoms with Crippen molar-refractivity contribution in [1.82, 2.24) is 9.88 Å². The lowest BCUT2D eigenvalue weighted by atomic mass is 9.85. The van der Waals surface area contributed by atoms with Crippen molar-refractivity contribution < 1.29 is 12.8 Å². The van der Waals surface area contributed by atoms with E-state index in [2.05, 4.69) is 17.4 Å². The van der Waals surface area contributed by atoms with Crippen LogP contribution in [0.15, 0.2) is 27.4 Å². The number of oxazole rings is 1. The molecule has 0 aliphatic heterocycles. The number of fused-ring (bicyclic) bond motifs is 1. The number of nitrogens with one attached hydrogen (secondary N) is 1. The molecule has 0 radical (unpaired) electrons. The maximum Gasteiger partial charge on any atom is 0.419 e. The summed E-state index contributed by atoms with van der Waals surface area (Å²) in [6.07, 6.45) is 8.85. The molecule has 1 aliphatic rings. The third kappa shape index (κ3) is 5.20. The van der Waals surface area contributed by atoms with Crippen molar-refractivity contribution in [1.29, 1.82) is 0 Å². The van der Waals surface area contributed by atoms with Crippen LogP contribution in [0.25, 0.3) is 11.1 Å². The fourth-order valence-electron chi connectivity index (χ4n) is 3.74. The first-order valence-electron chi connectivity index (χ1n) is 9.43. The first kappa shape index (κ1) is 19.2. The van der Waals surface area contributed by atoms with Crippen LogP contribution >= 0.6 is 0 Å². The Kier molecular flexibility index (Phi) is 6.19. The average molecular weight is 381 g/mol. The van der Waals surface area contributed by atoms with Crippen LogP contribution in [-0.2, 0) is 22.8 Å². The van der Waals surface area contributed by atoms with Crippen LogP contribution in [0.4, 0.5) is 0 Å². The van der Waals surface area contributed by atoms with Gasteiger partial charge >= 0.3 is 5.76 Å². The quantitative estimate of drug-likeness (QED) is 0.711. The third-order valence-corrected chi connectivity index (χ3v) is 6.09. The minimum absolute atomic E-state index is 0.0968. The summed E-state index contributed by atoms with van der Waals surface area (Å²) < 4.78 is 29.3. The van der Waals surface area contributed by atoms with E-state index in [1.165, 1.54) is 43.9 Å². The molecule has 1 fully saturated rings. The van der Waals surface area contributed by atoms with E-state index in [-0.39, 0.29) is 11.5 Å². The van der Waals surface area contributed by atoms with Crippen LogP contribution in [0.3, 0.4) is 0 Å². The number of rotatable bonds is 8. The number of sulfone groups is 1. The summed E-state index contributed by atoms with van der Waals surface area (Å²) in [5.41, 5.74) is 2.69. The zero-order chi connectivity index (χ0) is 18.6. The van der Waals surface area contributed by atoms with E-state index >= 15 is 0 Å². The SMILES string of the molecule is CS(=O)(=O)CCNCCn1c(=O)oc2ccc(CC3CCCCC3)cc21. The molecule has 0 bridgehead atoms. The van der Waals surface area contributed by atoms with Crippen molar-refractivity contribution in [2.75, 3.05) is 25.1 Å². The van der Waals surface area contributed by atoms with Crippen LogP contribution in [0.5, 0.6) is 0 Å². The van der Waals surface area contributed by atoms with Crippen molar-refractivity contribution in [3.63, 3.8) is 0 Å². The molecular weight excluding hydrogens is 352 g/mol. The second-order valence-corrected chi connectivity index (χ2v) is 9.67. The number of benzene rings is 1. The molecule has 1 N–H and O–H groups in total. The van der Waals surface area contributed by atoms with Crippen LogP contribution in [0.1, 0.15) is 37.7 Å². The molecule has 3 rings (SSSR count). The summed E-state index contributed by atoms with van der Waals surface area (Å²) in [6, 6.07) is 6.03. The second kappa shape index (κ2) is 8.39. The van der Waals surface area contributed by atoms with Gasteiger partial charge in [0.05, 0.1) is 11.3 Å². The summed E-state index contributed by atoms with van der Waals surface area (Å²) in [6.45, 7) is 1.37. The molecule has 144 valence electrons. The highest BCUT2D eigenvalue weighted by Gasteiger charge is 2.15. The minimum atomic E-state index is -2.97. The molecule has 1 saturated carbocycles. The Hall–Kier alpha value is -1.60. The number of nitrogens with zero attached hydrogens (tertiary/aromatic N) is 1. The molecule has 0 amide bonds. The standard InChI is InChI=1S/C19H28N2O4S/c1-26(23,24)12-10-20-9-11-21-17-14-16(7-8-18(17)25-19(21)22)13-15-5-3-2-4-6-15/h7-8,14-15,20H,2-6,9-13H2,1H3. The lowest BCUT2D eigenvalue weighted by Gasteiger charge is -2.21. The van der Waals surface area contributed by atoms with E-state index in [1.54, 1.807) is 4.57 Å². The topological polar surface area (TPSA) is 81.3 Å². The van der Waals surface area contributed by atoms with Gasteiger partial charge in [0.1, 0.15) is 9.84 Å². The molecule has 1 heterocycles. The predicted molar refractivity (Wildman–Crippen MR) is 103 cm³/mol. The Bertz CT molecular complexity index is 892. The van der Waals surface area contributed by atoms with E-state index in [4.69, 9.17) is 4.42 Å². The van der Waals surface area contributed by atoms with Gasteiger partial charge in [-0.15, -0.1) is 0 Å². The Morgan fingerprint density at radius 2 is 1.96 bits per heavy atom. The van der Waals surface area contributed by atoms with E-state index in [0.717, 1.165) is 17.9 Å². The summed E-state index contributed by atoms with van der Waals surface area (Å²) in [5.74, 6) is 0.477. The molecule has 0 unspecified atom stereocenters. The molecule has 1 aliphatic carbocycles. The zero-order valence-electron chi connectivity index (χ0n) is 15.4. The molecule has 6 nitrogen and oxygen atoms in total. The van der Waals surface area contributed by atoms with Gasteiger partial charge in [-0.2, -0.15) is 0 Å². The van der Waals surface area contributed by atoms with E-state index in [9.17, 15) is 13.2 Å². The van der Waals surface area contributed by atoms with Crippen LogP contribution in [-0.4, -0.2) is 38.1 Å². The summed E-state index contributed by atoms with van der Waals surface area (Å²) in [5, 5.41) is 3.07. The fraction of sp³-hybridized carbons (Fsp3) is 0.632. The van der Waals surface area contributed by atoms with Crippen LogP contribution in [0, 0.1) is 5.92 Å². The maximum absolute atomic E-state index is 12.1. The smallest absolute Gasteiger partial charge is 0.408 e. The first-order chi connectivity index (χ1) is 12.4. The van der Waals surface area contributed by atoms with Crippen LogP contribution in [0.2, 0.25) is 0 Å². The third-order valence-electron chi connectivity index (χ3n) is 5.14. The van der Waals surface area contributed by atoms with Crippen molar-refractivity contribution in [2.24, 2.45) is 5.92 Å². The Morgan fingerprint density at radius 3 is 2.69 bits per heavy atom. The Balaban J connectivity index is 1.65. The van der Waals surface area contributed by atoms with Gasteiger partial charge in [0.25, 0.3) is 0 Å². The van der Waals surface area contributed by atoms with Crippen molar-refractivity contribution in [2.45, 2.75) is 45.1 Å². The molecule has 7 heteroatoms. The van der Waals surface area contributed by atoms with Gasteiger partial charge in [0.15, 0.2) is 5.58 Å². The molecule has 2 aromatic rings. The average Bonchev–Trinajstić information content (AvgIpc) is 2.90. The molecule has 26 heavy (non-hydrogen) atoms. The molecular formula is C19H28N2O4S. The lowest BCUT2D eigenvalue weighted by molar-refractivity contribution is 0.357. The molecule has 0 spiro atoms. The highest BCUT2D eigenvalue weighted by atomic mass is 32.2. The second-order valence-electron chi connectivity index (χ2n) is 7.41. The Labute approximate surface area is 154 Å². The number of hydrogen-bond donors (Lipinski definition) is 1. The van der Waals surface area contributed by atoms with Gasteiger partial charge in [-0.05, 0) is 30.0 Å². The lowest BCUT2D eigenvalue weighted by Crippen LogP contribution is -2.28. The summed E-state index contributed by atoms with van der Waals surface area (Å²) in [7, 11) is -2.97. The molecule has 0 atom stereocenters. The summed E-state index contributed by atoms with van der Waals surface area (Å²) >= 11 is 0. The highest BCUT2D eigenvalue weighted by Crippen LogP contribution is 2.27. The minimum Gasteiger partial charge on any atom is -0.408 e. The zero-order valence-corrected chi connectivity index (χ0v) is 16.2.